The first-order valence-electron chi connectivity index (χ1n) is 5.28. The van der Waals surface area contributed by atoms with E-state index >= 15 is 0 Å². The highest BCUT2D eigenvalue weighted by atomic mass is 32.1. The molecule has 0 fully saturated rings. The number of alkyl halides is 3. The lowest BCUT2D eigenvalue weighted by Crippen LogP contribution is -2.47. The standard InChI is InChI=1S/C10H19F3N2OS/c1-4-15(6-9(2,3)16)5-7(8(14)17)10(11,12)13/h7,16H,4-6H2,1-3H3,(H2,14,17). The summed E-state index contributed by atoms with van der Waals surface area (Å²) >= 11 is 4.44. The van der Waals surface area contributed by atoms with Crippen LogP contribution < -0.4 is 5.73 Å². The molecule has 0 spiro atoms. The first-order valence-corrected chi connectivity index (χ1v) is 5.69. The van der Waals surface area contributed by atoms with Crippen LogP contribution in [0.15, 0.2) is 0 Å². The van der Waals surface area contributed by atoms with E-state index in [0.29, 0.717) is 6.54 Å². The van der Waals surface area contributed by atoms with Gasteiger partial charge in [0.25, 0.3) is 0 Å². The summed E-state index contributed by atoms with van der Waals surface area (Å²) < 4.78 is 37.9. The maximum atomic E-state index is 12.6. The Morgan fingerprint density at radius 1 is 1.41 bits per heavy atom. The fourth-order valence-electron chi connectivity index (χ4n) is 1.47. The van der Waals surface area contributed by atoms with Crippen LogP contribution in [0.1, 0.15) is 20.8 Å². The molecule has 0 aliphatic heterocycles. The number of nitrogens with zero attached hydrogens (tertiary/aromatic N) is 1. The SMILES string of the molecule is CCN(CC(C(N)=S)C(F)(F)F)CC(C)(C)O. The number of halogens is 3. The van der Waals surface area contributed by atoms with Crippen molar-refractivity contribution in [1.82, 2.24) is 4.90 Å². The van der Waals surface area contributed by atoms with Crippen LogP contribution in [0.3, 0.4) is 0 Å². The molecule has 102 valence electrons. The van der Waals surface area contributed by atoms with Gasteiger partial charge in [0.2, 0.25) is 0 Å². The molecule has 0 saturated heterocycles. The Hall–Kier alpha value is -0.400. The third kappa shape index (κ3) is 6.80. The normalized spacial score (nSPS) is 15.1. The summed E-state index contributed by atoms with van der Waals surface area (Å²) in [5, 5.41) is 9.59. The molecule has 0 aliphatic carbocycles. The maximum Gasteiger partial charge on any atom is 0.399 e. The molecule has 1 atom stereocenters. The van der Waals surface area contributed by atoms with Crippen LogP contribution in [0.5, 0.6) is 0 Å². The minimum atomic E-state index is -4.45. The van der Waals surface area contributed by atoms with E-state index < -0.39 is 22.7 Å². The first kappa shape index (κ1) is 16.6. The van der Waals surface area contributed by atoms with Gasteiger partial charge in [-0.2, -0.15) is 13.2 Å². The lowest BCUT2D eigenvalue weighted by atomic mass is 10.1. The molecule has 17 heavy (non-hydrogen) atoms. The molecule has 0 aliphatic rings. The second-order valence-electron chi connectivity index (χ2n) is 4.64. The van der Waals surface area contributed by atoms with Gasteiger partial charge in [0, 0.05) is 13.1 Å². The molecule has 3 nitrogen and oxygen atoms in total. The highest BCUT2D eigenvalue weighted by Crippen LogP contribution is 2.27. The van der Waals surface area contributed by atoms with Crippen molar-refractivity contribution in [1.29, 1.82) is 0 Å². The quantitative estimate of drug-likeness (QED) is 0.720. The van der Waals surface area contributed by atoms with Gasteiger partial charge in [-0.15, -0.1) is 0 Å². The first-order chi connectivity index (χ1) is 7.47. The Morgan fingerprint density at radius 3 is 2.12 bits per heavy atom. The predicted octanol–water partition coefficient (Wildman–Crippen LogP) is 1.54. The Balaban J connectivity index is 4.68. The van der Waals surface area contributed by atoms with Crippen LogP contribution in [-0.2, 0) is 0 Å². The summed E-state index contributed by atoms with van der Waals surface area (Å²) in [6, 6.07) is 0. The van der Waals surface area contributed by atoms with E-state index in [1.807, 2.05) is 0 Å². The van der Waals surface area contributed by atoms with Crippen LogP contribution in [0.2, 0.25) is 0 Å². The van der Waals surface area contributed by atoms with Gasteiger partial charge < -0.3 is 10.8 Å². The van der Waals surface area contributed by atoms with Gasteiger partial charge in [-0.3, -0.25) is 4.90 Å². The highest BCUT2D eigenvalue weighted by molar-refractivity contribution is 7.80. The molecule has 0 aromatic carbocycles. The van der Waals surface area contributed by atoms with E-state index in [9.17, 15) is 18.3 Å². The Bertz CT molecular complexity index is 263. The van der Waals surface area contributed by atoms with Crippen molar-refractivity contribution in [3.63, 3.8) is 0 Å². The smallest absolute Gasteiger partial charge is 0.393 e. The topological polar surface area (TPSA) is 49.5 Å². The largest absolute Gasteiger partial charge is 0.399 e. The Kier molecular flexibility index (Phi) is 5.83. The minimum absolute atomic E-state index is 0.138. The van der Waals surface area contributed by atoms with Gasteiger partial charge in [-0.05, 0) is 20.4 Å². The zero-order valence-electron chi connectivity index (χ0n) is 10.2. The summed E-state index contributed by atoms with van der Waals surface area (Å²) in [5.74, 6) is -1.83. The van der Waals surface area contributed by atoms with Crippen molar-refractivity contribution in [2.24, 2.45) is 11.7 Å². The van der Waals surface area contributed by atoms with Gasteiger partial charge in [-0.25, -0.2) is 0 Å². The van der Waals surface area contributed by atoms with Crippen LogP contribution in [0.25, 0.3) is 0 Å². The minimum Gasteiger partial charge on any atom is -0.393 e. The molecular weight excluding hydrogens is 253 g/mol. The fraction of sp³-hybridized carbons (Fsp3) is 0.900. The van der Waals surface area contributed by atoms with Crippen molar-refractivity contribution < 1.29 is 18.3 Å². The molecule has 0 bridgehead atoms. The van der Waals surface area contributed by atoms with Crippen molar-refractivity contribution in [3.8, 4) is 0 Å². The van der Waals surface area contributed by atoms with Crippen molar-refractivity contribution in [2.75, 3.05) is 19.6 Å². The summed E-state index contributed by atoms with van der Waals surface area (Å²) in [5.41, 5.74) is 4.06. The second-order valence-corrected chi connectivity index (χ2v) is 5.11. The van der Waals surface area contributed by atoms with Crippen molar-refractivity contribution in [2.45, 2.75) is 32.5 Å². The molecule has 0 aromatic heterocycles. The number of likely N-dealkylation sites (N-methyl/N-ethyl adjacent to an activating group) is 1. The molecule has 1 unspecified atom stereocenters. The van der Waals surface area contributed by atoms with Crippen molar-refractivity contribution >= 4 is 17.2 Å². The zero-order chi connectivity index (χ0) is 13.9. The Labute approximate surface area is 105 Å². The molecule has 0 heterocycles. The maximum absolute atomic E-state index is 12.6. The third-order valence-corrected chi connectivity index (χ3v) is 2.52. The van der Waals surface area contributed by atoms with Crippen LogP contribution in [0.4, 0.5) is 13.2 Å². The highest BCUT2D eigenvalue weighted by Gasteiger charge is 2.42. The molecule has 0 rings (SSSR count). The lowest BCUT2D eigenvalue weighted by molar-refractivity contribution is -0.160. The zero-order valence-corrected chi connectivity index (χ0v) is 11.0. The van der Waals surface area contributed by atoms with Gasteiger partial charge >= 0.3 is 6.18 Å². The lowest BCUT2D eigenvalue weighted by Gasteiger charge is -2.31. The van der Waals surface area contributed by atoms with Gasteiger partial charge in [0.05, 0.1) is 10.6 Å². The van der Waals surface area contributed by atoms with E-state index in [4.69, 9.17) is 5.73 Å². The van der Waals surface area contributed by atoms with Gasteiger partial charge in [0.1, 0.15) is 5.92 Å². The van der Waals surface area contributed by atoms with Crippen LogP contribution in [0, 0.1) is 5.92 Å². The summed E-state index contributed by atoms with van der Waals surface area (Å²) in [6.45, 7) is 5.01. The predicted molar refractivity (Wildman–Crippen MR) is 64.7 cm³/mol. The van der Waals surface area contributed by atoms with E-state index in [0.717, 1.165) is 0 Å². The van der Waals surface area contributed by atoms with Gasteiger partial charge in [0.15, 0.2) is 0 Å². The molecular formula is C10H19F3N2OS. The molecule has 7 heteroatoms. The van der Waals surface area contributed by atoms with E-state index in [-0.39, 0.29) is 13.1 Å². The average molecular weight is 272 g/mol. The number of thiocarbonyl (C=S) groups is 1. The Morgan fingerprint density at radius 2 is 1.88 bits per heavy atom. The van der Waals surface area contributed by atoms with Gasteiger partial charge in [-0.1, -0.05) is 19.1 Å². The number of rotatable bonds is 6. The van der Waals surface area contributed by atoms with Crippen molar-refractivity contribution in [3.05, 3.63) is 0 Å². The molecule has 0 amide bonds. The number of hydrogen-bond acceptors (Lipinski definition) is 3. The summed E-state index contributed by atoms with van der Waals surface area (Å²) in [7, 11) is 0. The fourth-order valence-corrected chi connectivity index (χ4v) is 1.67. The molecule has 0 saturated carbocycles. The van der Waals surface area contributed by atoms with Crippen LogP contribution in [-0.4, -0.2) is 46.4 Å². The summed E-state index contributed by atoms with van der Waals surface area (Å²) in [4.78, 5) is 0.920. The molecule has 0 aromatic rings. The van der Waals surface area contributed by atoms with E-state index in [1.54, 1.807) is 20.8 Å². The second kappa shape index (κ2) is 5.97. The third-order valence-electron chi connectivity index (χ3n) is 2.24. The molecule has 0 radical (unpaired) electrons. The monoisotopic (exact) mass is 272 g/mol. The van der Waals surface area contributed by atoms with E-state index in [1.165, 1.54) is 4.90 Å². The van der Waals surface area contributed by atoms with E-state index in [2.05, 4.69) is 12.2 Å². The number of hydrogen-bond donors (Lipinski definition) is 2. The number of nitrogens with two attached hydrogens (primary N) is 1. The molecule has 3 N–H and O–H groups in total. The average Bonchev–Trinajstić information content (AvgIpc) is 2.07. The summed E-state index contributed by atoms with van der Waals surface area (Å²) in [6.07, 6.45) is -4.45. The van der Waals surface area contributed by atoms with Crippen LogP contribution >= 0.6 is 12.2 Å². The number of aliphatic hydroxyl groups is 1.